The van der Waals surface area contributed by atoms with E-state index in [9.17, 15) is 19.2 Å². The summed E-state index contributed by atoms with van der Waals surface area (Å²) in [5, 5.41) is 0. The highest BCUT2D eigenvalue weighted by Gasteiger charge is 2.48. The van der Waals surface area contributed by atoms with E-state index in [2.05, 4.69) is 0 Å². The van der Waals surface area contributed by atoms with Crippen LogP contribution in [0.3, 0.4) is 0 Å². The summed E-state index contributed by atoms with van der Waals surface area (Å²) >= 11 is 0. The highest BCUT2D eigenvalue weighted by Crippen LogP contribution is 2.40. The maximum atomic E-state index is 12.9. The largest absolute Gasteiger partial charge is 0.426 e. The summed E-state index contributed by atoms with van der Waals surface area (Å²) in [7, 11) is 0. The first-order valence-corrected chi connectivity index (χ1v) is 11.9. The van der Waals surface area contributed by atoms with Crippen LogP contribution < -0.4 is 14.5 Å². The van der Waals surface area contributed by atoms with Gasteiger partial charge in [0.05, 0.1) is 23.4 Å². The molecule has 2 aromatic rings. The second kappa shape index (κ2) is 8.70. The standard InChI is InChI=1S/C27H28N2O5/c1-16-7-5-12-23(17(16)2)28-15-18(13-24(28)30)27(33)34-20-9-6-8-19(14-20)29-25(31)21-10-3-4-11-22(21)26(29)32/h5-9,12,14,18,21-22H,3-4,10-11,13,15H2,1-2H3/t18-,21-,22-/m1/s1. The van der Waals surface area contributed by atoms with Crippen molar-refractivity contribution in [3.8, 4) is 5.75 Å². The Hall–Kier alpha value is -3.48. The molecular weight excluding hydrogens is 432 g/mol. The monoisotopic (exact) mass is 460 g/mol. The van der Waals surface area contributed by atoms with E-state index in [1.54, 1.807) is 29.2 Å². The Morgan fingerprint density at radius 2 is 1.62 bits per heavy atom. The lowest BCUT2D eigenvalue weighted by molar-refractivity contribution is -0.139. The van der Waals surface area contributed by atoms with Crippen molar-refractivity contribution in [1.29, 1.82) is 0 Å². The molecule has 0 spiro atoms. The van der Waals surface area contributed by atoms with E-state index in [1.165, 1.54) is 4.90 Å². The fourth-order valence-electron chi connectivity index (χ4n) is 5.43. The Morgan fingerprint density at radius 3 is 2.32 bits per heavy atom. The smallest absolute Gasteiger partial charge is 0.316 e. The molecule has 0 aromatic heterocycles. The first-order chi connectivity index (χ1) is 16.3. The molecule has 3 atom stereocenters. The zero-order valence-electron chi connectivity index (χ0n) is 19.5. The average Bonchev–Trinajstić information content (AvgIpc) is 3.33. The molecule has 1 saturated carbocycles. The minimum absolute atomic E-state index is 0.0817. The van der Waals surface area contributed by atoms with Gasteiger partial charge in [0.15, 0.2) is 0 Å². The normalized spacial score (nSPS) is 24.5. The average molecular weight is 461 g/mol. The van der Waals surface area contributed by atoms with Gasteiger partial charge in [-0.1, -0.05) is 31.0 Å². The third-order valence-electron chi connectivity index (χ3n) is 7.46. The molecule has 1 aliphatic carbocycles. The van der Waals surface area contributed by atoms with Crippen molar-refractivity contribution in [1.82, 2.24) is 0 Å². The summed E-state index contributed by atoms with van der Waals surface area (Å²) in [6.45, 7) is 4.21. The van der Waals surface area contributed by atoms with E-state index < -0.39 is 11.9 Å². The molecule has 7 heteroatoms. The van der Waals surface area contributed by atoms with Gasteiger partial charge in [-0.15, -0.1) is 0 Å². The summed E-state index contributed by atoms with van der Waals surface area (Å²) < 4.78 is 5.61. The van der Waals surface area contributed by atoms with Crippen LogP contribution in [0.1, 0.15) is 43.2 Å². The first kappa shape index (κ1) is 22.3. The summed E-state index contributed by atoms with van der Waals surface area (Å²) in [6, 6.07) is 12.3. The van der Waals surface area contributed by atoms with Gasteiger partial charge >= 0.3 is 5.97 Å². The van der Waals surface area contributed by atoms with Crippen LogP contribution in [0, 0.1) is 31.6 Å². The maximum absolute atomic E-state index is 12.9. The molecule has 34 heavy (non-hydrogen) atoms. The lowest BCUT2D eigenvalue weighted by atomic mass is 9.81. The van der Waals surface area contributed by atoms with Crippen LogP contribution in [-0.4, -0.2) is 30.2 Å². The number of anilines is 2. The molecule has 176 valence electrons. The number of aryl methyl sites for hydroxylation is 1. The third-order valence-corrected chi connectivity index (χ3v) is 7.46. The molecule has 0 bridgehead atoms. The number of imide groups is 1. The zero-order chi connectivity index (χ0) is 24.0. The summed E-state index contributed by atoms with van der Waals surface area (Å²) in [5.74, 6) is -1.75. The van der Waals surface area contributed by atoms with Gasteiger partial charge in [-0.3, -0.25) is 19.2 Å². The highest BCUT2D eigenvalue weighted by molar-refractivity contribution is 6.22. The minimum Gasteiger partial charge on any atom is -0.426 e. The van der Waals surface area contributed by atoms with Gasteiger partial charge in [-0.2, -0.15) is 0 Å². The molecule has 5 rings (SSSR count). The molecule has 0 unspecified atom stereocenters. The molecule has 0 N–H and O–H groups in total. The van der Waals surface area contributed by atoms with Crippen LogP contribution in [0.25, 0.3) is 0 Å². The van der Waals surface area contributed by atoms with Crippen molar-refractivity contribution in [3.05, 3.63) is 53.6 Å². The van der Waals surface area contributed by atoms with Gasteiger partial charge in [-0.05, 0) is 56.0 Å². The SMILES string of the molecule is Cc1cccc(N2C[C@H](C(=O)Oc3cccc(N4C(=O)[C@@H]5CCCC[C@H]5C4=O)c3)CC2=O)c1C. The van der Waals surface area contributed by atoms with E-state index in [4.69, 9.17) is 4.74 Å². The number of carbonyl (C=O) groups is 4. The quantitative estimate of drug-likeness (QED) is 0.392. The molecule has 3 aliphatic rings. The number of rotatable bonds is 4. The number of fused-ring (bicyclic) bond motifs is 1. The van der Waals surface area contributed by atoms with Crippen LogP contribution in [0.2, 0.25) is 0 Å². The van der Waals surface area contributed by atoms with Crippen molar-refractivity contribution in [2.45, 2.75) is 46.0 Å². The van der Waals surface area contributed by atoms with Gasteiger partial charge < -0.3 is 9.64 Å². The Morgan fingerprint density at radius 1 is 0.941 bits per heavy atom. The number of hydrogen-bond donors (Lipinski definition) is 0. The van der Waals surface area contributed by atoms with Crippen LogP contribution >= 0.6 is 0 Å². The Bertz CT molecular complexity index is 1170. The van der Waals surface area contributed by atoms with Crippen molar-refractivity contribution < 1.29 is 23.9 Å². The molecule has 2 aliphatic heterocycles. The van der Waals surface area contributed by atoms with Gasteiger partial charge in [-0.25, -0.2) is 4.90 Å². The lowest BCUT2D eigenvalue weighted by Gasteiger charge is -2.20. The number of hydrogen-bond acceptors (Lipinski definition) is 5. The zero-order valence-corrected chi connectivity index (χ0v) is 19.5. The number of benzene rings is 2. The number of carbonyl (C=O) groups excluding carboxylic acids is 4. The van der Waals surface area contributed by atoms with Crippen molar-refractivity contribution in [3.63, 3.8) is 0 Å². The molecule has 7 nitrogen and oxygen atoms in total. The minimum atomic E-state index is -0.589. The second-order valence-electron chi connectivity index (χ2n) is 9.55. The topological polar surface area (TPSA) is 84.0 Å². The molecule has 2 aromatic carbocycles. The molecule has 2 heterocycles. The Labute approximate surface area is 198 Å². The third kappa shape index (κ3) is 3.79. The number of ether oxygens (including phenoxy) is 1. The van der Waals surface area contributed by atoms with Gasteiger partial charge in [0.2, 0.25) is 17.7 Å². The van der Waals surface area contributed by atoms with E-state index in [0.717, 1.165) is 42.5 Å². The van der Waals surface area contributed by atoms with E-state index in [0.29, 0.717) is 5.69 Å². The molecular formula is C27H28N2O5. The number of nitrogens with zero attached hydrogens (tertiary/aromatic N) is 2. The first-order valence-electron chi connectivity index (χ1n) is 11.9. The van der Waals surface area contributed by atoms with Crippen LogP contribution in [-0.2, 0) is 19.2 Å². The van der Waals surface area contributed by atoms with Crippen molar-refractivity contribution >= 4 is 35.1 Å². The van der Waals surface area contributed by atoms with Crippen LogP contribution in [0.5, 0.6) is 5.75 Å². The fourth-order valence-corrected chi connectivity index (χ4v) is 5.43. The fraction of sp³-hybridized carbons (Fsp3) is 0.407. The second-order valence-corrected chi connectivity index (χ2v) is 9.55. The van der Waals surface area contributed by atoms with E-state index in [-0.39, 0.29) is 48.3 Å². The number of amides is 3. The van der Waals surface area contributed by atoms with Crippen LogP contribution in [0.4, 0.5) is 11.4 Å². The Balaban J connectivity index is 1.30. The summed E-state index contributed by atoms with van der Waals surface area (Å²) in [5.41, 5.74) is 3.33. The summed E-state index contributed by atoms with van der Waals surface area (Å²) in [4.78, 5) is 54.3. The maximum Gasteiger partial charge on any atom is 0.316 e. The van der Waals surface area contributed by atoms with Gasteiger partial charge in [0, 0.05) is 24.7 Å². The van der Waals surface area contributed by atoms with Gasteiger partial charge in [0.1, 0.15) is 5.75 Å². The molecule has 3 fully saturated rings. The van der Waals surface area contributed by atoms with Crippen molar-refractivity contribution in [2.75, 3.05) is 16.3 Å². The molecule has 3 amide bonds. The summed E-state index contributed by atoms with van der Waals surface area (Å²) in [6.07, 6.45) is 3.49. The van der Waals surface area contributed by atoms with E-state index in [1.807, 2.05) is 32.0 Å². The molecule has 0 radical (unpaired) electrons. The van der Waals surface area contributed by atoms with Crippen molar-refractivity contribution in [2.24, 2.45) is 17.8 Å². The lowest BCUT2D eigenvalue weighted by Crippen LogP contribution is -2.31. The number of esters is 1. The van der Waals surface area contributed by atoms with Crippen LogP contribution in [0.15, 0.2) is 42.5 Å². The molecule has 2 saturated heterocycles. The Kier molecular flexibility index (Phi) is 5.71. The van der Waals surface area contributed by atoms with E-state index >= 15 is 0 Å². The highest BCUT2D eigenvalue weighted by atomic mass is 16.5. The predicted molar refractivity (Wildman–Crippen MR) is 126 cm³/mol. The van der Waals surface area contributed by atoms with Gasteiger partial charge in [0.25, 0.3) is 0 Å². The predicted octanol–water partition coefficient (Wildman–Crippen LogP) is 3.94.